The fourth-order valence-electron chi connectivity index (χ4n) is 2.41. The van der Waals surface area contributed by atoms with Gasteiger partial charge >= 0.3 is 0 Å². The summed E-state index contributed by atoms with van der Waals surface area (Å²) in [4.78, 5) is 8.61. The minimum atomic E-state index is -0.0883. The molecule has 0 saturated heterocycles. The van der Waals surface area contributed by atoms with Gasteiger partial charge in [0.2, 0.25) is 0 Å². The quantitative estimate of drug-likeness (QED) is 0.638. The Labute approximate surface area is 114 Å². The minimum Gasteiger partial charge on any atom is -0.370 e. The fraction of sp³-hybridized carbons (Fsp3) is 0.769. The van der Waals surface area contributed by atoms with Crippen molar-refractivity contribution in [1.29, 1.82) is 0 Å². The molecule has 1 fully saturated rings. The molecule has 3 N–H and O–H groups in total. The molecule has 0 unspecified atom stereocenters. The zero-order valence-electron chi connectivity index (χ0n) is 12.1. The van der Waals surface area contributed by atoms with Gasteiger partial charge < -0.3 is 11.1 Å². The Bertz CT molecular complexity index is 436. The summed E-state index contributed by atoms with van der Waals surface area (Å²) in [5, 5.41) is 7.51. The predicted octanol–water partition coefficient (Wildman–Crippen LogP) is 1.38. The average Bonchev–Trinajstić information content (AvgIpc) is 2.95. The maximum Gasteiger partial charge on any atom is 0.189 e. The molecule has 19 heavy (non-hydrogen) atoms. The van der Waals surface area contributed by atoms with Crippen LogP contribution < -0.4 is 11.1 Å². The second-order valence-corrected chi connectivity index (χ2v) is 6.09. The van der Waals surface area contributed by atoms with Crippen molar-refractivity contribution in [2.45, 2.75) is 64.6 Å². The Morgan fingerprint density at radius 3 is 2.79 bits per heavy atom. The van der Waals surface area contributed by atoms with Gasteiger partial charge in [0, 0.05) is 6.04 Å². The lowest BCUT2D eigenvalue weighted by molar-refractivity contribution is 0.341. The molecule has 0 atom stereocenters. The van der Waals surface area contributed by atoms with E-state index < -0.39 is 0 Å². The lowest BCUT2D eigenvalue weighted by atomic mass is 10.1. The van der Waals surface area contributed by atoms with E-state index >= 15 is 0 Å². The molecule has 1 aromatic heterocycles. The van der Waals surface area contributed by atoms with E-state index in [0.717, 1.165) is 5.82 Å². The van der Waals surface area contributed by atoms with Gasteiger partial charge in [-0.15, -0.1) is 0 Å². The molecule has 0 radical (unpaired) electrons. The van der Waals surface area contributed by atoms with Crippen LogP contribution in [0.2, 0.25) is 0 Å². The van der Waals surface area contributed by atoms with E-state index in [1.54, 1.807) is 6.33 Å². The standard InChI is InChI=1S/C13H24N6/c1-13(2,3)19-11(16-9-17-19)8-15-12(14)18-10-6-4-5-7-10/h9-10H,4-8H2,1-3H3,(H3,14,15,18). The number of aromatic nitrogens is 3. The van der Waals surface area contributed by atoms with Crippen LogP contribution in [-0.2, 0) is 12.1 Å². The molecule has 1 aliphatic rings. The molecule has 2 rings (SSSR count). The van der Waals surface area contributed by atoms with Gasteiger partial charge in [0.05, 0.1) is 5.54 Å². The second-order valence-electron chi connectivity index (χ2n) is 6.09. The van der Waals surface area contributed by atoms with Crippen LogP contribution in [0.5, 0.6) is 0 Å². The highest BCUT2D eigenvalue weighted by atomic mass is 15.4. The Kier molecular flexibility index (Phi) is 4.07. The highest BCUT2D eigenvalue weighted by Gasteiger charge is 2.18. The van der Waals surface area contributed by atoms with E-state index in [4.69, 9.17) is 5.73 Å². The van der Waals surface area contributed by atoms with Crippen molar-refractivity contribution in [2.24, 2.45) is 10.7 Å². The van der Waals surface area contributed by atoms with Crippen LogP contribution in [0.1, 0.15) is 52.3 Å². The normalized spacial score (nSPS) is 17.9. The highest BCUT2D eigenvalue weighted by Crippen LogP contribution is 2.17. The lowest BCUT2D eigenvalue weighted by Gasteiger charge is -2.20. The number of hydrogen-bond acceptors (Lipinski definition) is 3. The van der Waals surface area contributed by atoms with Gasteiger partial charge in [-0.1, -0.05) is 12.8 Å². The van der Waals surface area contributed by atoms with Gasteiger partial charge in [0.25, 0.3) is 0 Å². The molecule has 0 spiro atoms. The topological polar surface area (TPSA) is 81.1 Å². The van der Waals surface area contributed by atoms with Crippen molar-refractivity contribution >= 4 is 5.96 Å². The smallest absolute Gasteiger partial charge is 0.189 e. The first kappa shape index (κ1) is 13.8. The van der Waals surface area contributed by atoms with Gasteiger partial charge in [-0.2, -0.15) is 5.10 Å². The lowest BCUT2D eigenvalue weighted by Crippen LogP contribution is -2.38. The van der Waals surface area contributed by atoms with Crippen molar-refractivity contribution in [2.75, 3.05) is 0 Å². The number of aliphatic imine (C=N–C) groups is 1. The summed E-state index contributed by atoms with van der Waals surface area (Å²) in [6.45, 7) is 6.74. The molecule has 0 bridgehead atoms. The summed E-state index contributed by atoms with van der Waals surface area (Å²) >= 11 is 0. The van der Waals surface area contributed by atoms with Crippen molar-refractivity contribution < 1.29 is 0 Å². The third kappa shape index (κ3) is 3.68. The van der Waals surface area contributed by atoms with Gasteiger partial charge in [0.1, 0.15) is 18.7 Å². The van der Waals surface area contributed by atoms with Gasteiger partial charge in [-0.3, -0.25) is 0 Å². The van der Waals surface area contributed by atoms with Gasteiger partial charge in [-0.05, 0) is 33.6 Å². The molecular weight excluding hydrogens is 240 g/mol. The van der Waals surface area contributed by atoms with E-state index in [-0.39, 0.29) is 5.54 Å². The van der Waals surface area contributed by atoms with E-state index in [2.05, 4.69) is 41.2 Å². The van der Waals surface area contributed by atoms with Gasteiger partial charge in [-0.25, -0.2) is 14.7 Å². The molecule has 6 heteroatoms. The molecule has 106 valence electrons. The van der Waals surface area contributed by atoms with Gasteiger partial charge in [0.15, 0.2) is 5.96 Å². The van der Waals surface area contributed by atoms with E-state index in [1.807, 2.05) is 4.68 Å². The fourth-order valence-corrected chi connectivity index (χ4v) is 2.41. The number of nitrogens with zero attached hydrogens (tertiary/aromatic N) is 4. The minimum absolute atomic E-state index is 0.0883. The predicted molar refractivity (Wildman–Crippen MR) is 75.7 cm³/mol. The van der Waals surface area contributed by atoms with Crippen molar-refractivity contribution in [3.8, 4) is 0 Å². The van der Waals surface area contributed by atoms with Crippen molar-refractivity contribution in [3.63, 3.8) is 0 Å². The van der Waals surface area contributed by atoms with Crippen LogP contribution in [-0.4, -0.2) is 26.8 Å². The molecule has 1 heterocycles. The zero-order valence-corrected chi connectivity index (χ0v) is 12.1. The molecular formula is C13H24N6. The summed E-state index contributed by atoms with van der Waals surface area (Å²) in [6, 6.07) is 0.490. The number of hydrogen-bond donors (Lipinski definition) is 2. The summed E-state index contributed by atoms with van der Waals surface area (Å²) in [5.74, 6) is 1.35. The molecule has 1 saturated carbocycles. The Morgan fingerprint density at radius 2 is 2.16 bits per heavy atom. The number of rotatable bonds is 3. The second kappa shape index (κ2) is 5.59. The summed E-state index contributed by atoms with van der Waals surface area (Å²) in [7, 11) is 0. The average molecular weight is 264 g/mol. The zero-order chi connectivity index (χ0) is 13.9. The Hall–Kier alpha value is -1.59. The molecule has 6 nitrogen and oxygen atoms in total. The first-order chi connectivity index (χ1) is 8.97. The van der Waals surface area contributed by atoms with E-state index in [9.17, 15) is 0 Å². The Morgan fingerprint density at radius 1 is 1.47 bits per heavy atom. The van der Waals surface area contributed by atoms with Crippen molar-refractivity contribution in [1.82, 2.24) is 20.1 Å². The monoisotopic (exact) mass is 264 g/mol. The SMILES string of the molecule is CC(C)(C)n1ncnc1CN=C(N)NC1CCCC1. The van der Waals surface area contributed by atoms with Crippen LogP contribution in [0, 0.1) is 0 Å². The van der Waals surface area contributed by atoms with E-state index in [0.29, 0.717) is 18.5 Å². The Balaban J connectivity index is 1.95. The molecule has 0 aliphatic heterocycles. The maximum atomic E-state index is 5.91. The van der Waals surface area contributed by atoms with E-state index in [1.165, 1.54) is 25.7 Å². The molecule has 1 aliphatic carbocycles. The summed E-state index contributed by atoms with van der Waals surface area (Å²) < 4.78 is 1.89. The number of nitrogens with two attached hydrogens (primary N) is 1. The maximum absolute atomic E-state index is 5.91. The molecule has 1 aromatic rings. The first-order valence-corrected chi connectivity index (χ1v) is 6.92. The number of guanidine groups is 1. The summed E-state index contributed by atoms with van der Waals surface area (Å²) in [6.07, 6.45) is 6.51. The van der Waals surface area contributed by atoms with Crippen LogP contribution in [0.25, 0.3) is 0 Å². The third-order valence-electron chi connectivity index (χ3n) is 3.35. The molecule has 0 amide bonds. The largest absolute Gasteiger partial charge is 0.370 e. The van der Waals surface area contributed by atoms with Crippen LogP contribution in [0.4, 0.5) is 0 Å². The first-order valence-electron chi connectivity index (χ1n) is 6.92. The van der Waals surface area contributed by atoms with Crippen LogP contribution >= 0.6 is 0 Å². The number of nitrogens with one attached hydrogen (secondary N) is 1. The highest BCUT2D eigenvalue weighted by molar-refractivity contribution is 5.78. The van der Waals surface area contributed by atoms with Crippen LogP contribution in [0.15, 0.2) is 11.3 Å². The molecule has 0 aromatic carbocycles. The van der Waals surface area contributed by atoms with Crippen molar-refractivity contribution in [3.05, 3.63) is 12.2 Å². The van der Waals surface area contributed by atoms with Crippen LogP contribution in [0.3, 0.4) is 0 Å². The summed E-state index contributed by atoms with van der Waals surface area (Å²) in [5.41, 5.74) is 5.82. The third-order valence-corrected chi connectivity index (χ3v) is 3.35.